The Bertz CT molecular complexity index is 1460. The van der Waals surface area contributed by atoms with E-state index in [4.69, 9.17) is 5.73 Å². The van der Waals surface area contributed by atoms with Crippen molar-refractivity contribution in [2.24, 2.45) is 17.6 Å². The Morgan fingerprint density at radius 1 is 1.03 bits per heavy atom. The smallest absolute Gasteiger partial charge is 0.255 e. The molecule has 2 aromatic carbocycles. The van der Waals surface area contributed by atoms with E-state index in [1.54, 1.807) is 49.4 Å². The number of carbonyl (C=O) groups is 3. The first kappa shape index (κ1) is 25.7. The Labute approximate surface area is 217 Å². The van der Waals surface area contributed by atoms with Crippen LogP contribution in [-0.4, -0.2) is 79.7 Å². The van der Waals surface area contributed by atoms with Crippen LogP contribution < -0.4 is 5.73 Å². The van der Waals surface area contributed by atoms with Gasteiger partial charge in [0.1, 0.15) is 22.8 Å². The normalized spacial score (nSPS) is 30.7. The van der Waals surface area contributed by atoms with Crippen LogP contribution >= 0.6 is 0 Å². The first-order valence-electron chi connectivity index (χ1n) is 12.1. The second kappa shape index (κ2) is 8.52. The molecule has 0 aliphatic heterocycles. The first-order valence-corrected chi connectivity index (χ1v) is 12.1. The molecule has 3 aliphatic rings. The molecule has 0 heterocycles. The lowest BCUT2D eigenvalue weighted by atomic mass is 9.54. The van der Waals surface area contributed by atoms with E-state index < -0.39 is 75.6 Å². The maximum Gasteiger partial charge on any atom is 0.255 e. The zero-order chi connectivity index (χ0) is 27.8. The molecule has 1 amide bonds. The average molecular weight is 521 g/mol. The van der Waals surface area contributed by atoms with Crippen LogP contribution in [0.4, 0.5) is 0 Å². The van der Waals surface area contributed by atoms with E-state index in [-0.39, 0.29) is 11.3 Å². The van der Waals surface area contributed by atoms with Gasteiger partial charge in [-0.15, -0.1) is 0 Å². The molecule has 5 rings (SSSR count). The Kier molecular flexibility index (Phi) is 5.75. The van der Waals surface area contributed by atoms with Gasteiger partial charge in [0.15, 0.2) is 11.4 Å². The fourth-order valence-corrected chi connectivity index (χ4v) is 6.47. The van der Waals surface area contributed by atoms with Crippen molar-refractivity contribution in [2.45, 2.75) is 30.6 Å². The van der Waals surface area contributed by atoms with E-state index in [1.165, 1.54) is 19.0 Å². The van der Waals surface area contributed by atoms with Crippen molar-refractivity contribution in [1.82, 2.24) is 4.90 Å². The number of phenols is 1. The number of aromatic hydroxyl groups is 1. The minimum Gasteiger partial charge on any atom is -0.508 e. The van der Waals surface area contributed by atoms with Crippen molar-refractivity contribution in [2.75, 3.05) is 14.1 Å². The fraction of sp³-hybridized carbons (Fsp3) is 0.321. The maximum absolute atomic E-state index is 14.0. The predicted octanol–water partition coefficient (Wildman–Crippen LogP) is 1.16. The van der Waals surface area contributed by atoms with E-state index in [9.17, 15) is 39.9 Å². The highest BCUT2D eigenvalue weighted by molar-refractivity contribution is 6.24. The molecule has 0 radical (unpaired) electrons. The summed E-state index contributed by atoms with van der Waals surface area (Å²) in [6, 6.07) is 10.9. The highest BCUT2D eigenvalue weighted by atomic mass is 16.4. The number of aliphatic hydroxyl groups excluding tert-OH is 3. The molecule has 0 saturated heterocycles. The number of amides is 1. The number of primary amides is 1. The van der Waals surface area contributed by atoms with Crippen LogP contribution in [0.5, 0.6) is 5.75 Å². The molecule has 198 valence electrons. The molecule has 38 heavy (non-hydrogen) atoms. The number of phenolic OH excluding ortho intramolecular Hbond substituents is 1. The van der Waals surface area contributed by atoms with Gasteiger partial charge in [0.2, 0.25) is 5.78 Å². The molecule has 6 atom stereocenters. The molecule has 10 heteroatoms. The summed E-state index contributed by atoms with van der Waals surface area (Å²) in [5.74, 6) is -9.03. The summed E-state index contributed by atoms with van der Waals surface area (Å²) in [6.07, 6.45) is -1.62. The van der Waals surface area contributed by atoms with Crippen LogP contribution in [0.3, 0.4) is 0 Å². The molecule has 0 aromatic heterocycles. The number of nitrogens with zero attached hydrogens (tertiary/aromatic N) is 1. The lowest BCUT2D eigenvalue weighted by molar-refractivity contribution is -0.169. The van der Waals surface area contributed by atoms with Gasteiger partial charge in [-0.05, 0) is 31.1 Å². The molecular weight excluding hydrogens is 492 g/mol. The number of likely N-dealkylation sites (N-methyl/N-ethyl adjacent to an activating group) is 1. The van der Waals surface area contributed by atoms with Crippen molar-refractivity contribution in [3.8, 4) is 16.9 Å². The third kappa shape index (κ3) is 3.14. The standard InChI is InChI=1S/C28H28N2O8/c1-11-13-9-10-14(12-7-5-4-6-8-12)21(31)16(13)22(32)17-15(11)23(33)19-20(30(2)3)24(34)18(27(29)37)26(36)28(19,38)25(17)35/h4-11,15,19-20,23,31-33,36,38H,1-3H3,(H2,29,37)/t11-,15+,19+,20?,23-,28-/m0/s1. The van der Waals surface area contributed by atoms with Gasteiger partial charge in [0.25, 0.3) is 5.91 Å². The van der Waals surface area contributed by atoms with Gasteiger partial charge < -0.3 is 31.3 Å². The highest BCUT2D eigenvalue weighted by Gasteiger charge is 2.68. The number of nitrogens with two attached hydrogens (primary N) is 1. The Hall–Kier alpha value is -3.99. The van der Waals surface area contributed by atoms with E-state index >= 15 is 0 Å². The third-order valence-corrected chi connectivity index (χ3v) is 8.21. The summed E-state index contributed by atoms with van der Waals surface area (Å²) >= 11 is 0. The summed E-state index contributed by atoms with van der Waals surface area (Å²) < 4.78 is 0. The lowest BCUT2D eigenvalue weighted by Gasteiger charge is -2.53. The predicted molar refractivity (Wildman–Crippen MR) is 136 cm³/mol. The second-order valence-electron chi connectivity index (χ2n) is 10.3. The van der Waals surface area contributed by atoms with Gasteiger partial charge in [-0.25, -0.2) is 0 Å². The maximum atomic E-state index is 14.0. The molecule has 1 unspecified atom stereocenters. The van der Waals surface area contributed by atoms with Crippen molar-refractivity contribution in [1.29, 1.82) is 0 Å². The number of fused-ring (bicyclic) bond motifs is 3. The summed E-state index contributed by atoms with van der Waals surface area (Å²) in [5, 5.41) is 57.0. The zero-order valence-electron chi connectivity index (χ0n) is 20.9. The van der Waals surface area contributed by atoms with E-state index in [0.29, 0.717) is 16.7 Å². The molecule has 0 spiro atoms. The number of carbonyl (C=O) groups excluding carboxylic acids is 3. The molecule has 0 bridgehead atoms. The molecule has 1 fully saturated rings. The number of aliphatic hydroxyl groups is 4. The van der Waals surface area contributed by atoms with E-state index in [0.717, 1.165) is 0 Å². The SMILES string of the molecule is C[C@H]1c2ccc(-c3ccccc3)c(O)c2C(O)=C2C(=O)[C@]3(O)C(O)=C(C(N)=O)C(=O)C(N(C)C)[C@@H]3[C@@H](O)[C@@H]21. The van der Waals surface area contributed by atoms with Crippen LogP contribution in [0, 0.1) is 11.8 Å². The molecule has 2 aromatic rings. The molecule has 10 nitrogen and oxygen atoms in total. The van der Waals surface area contributed by atoms with E-state index in [2.05, 4.69) is 0 Å². The minimum atomic E-state index is -2.93. The van der Waals surface area contributed by atoms with Gasteiger partial charge in [0, 0.05) is 17.1 Å². The largest absolute Gasteiger partial charge is 0.508 e. The summed E-state index contributed by atoms with van der Waals surface area (Å²) in [5.41, 5.74) is 2.49. The molecule has 1 saturated carbocycles. The van der Waals surface area contributed by atoms with Crippen molar-refractivity contribution >= 4 is 23.2 Å². The second-order valence-corrected chi connectivity index (χ2v) is 10.3. The number of Topliss-reactive ketones (excluding diaryl/α,β-unsaturated/α-hetero) is 2. The zero-order valence-corrected chi connectivity index (χ0v) is 20.9. The topological polar surface area (TPSA) is 182 Å². The fourth-order valence-electron chi connectivity index (χ4n) is 6.47. The molecule has 3 aliphatic carbocycles. The van der Waals surface area contributed by atoms with Crippen molar-refractivity contribution in [3.05, 3.63) is 70.5 Å². The Morgan fingerprint density at radius 2 is 1.66 bits per heavy atom. The summed E-state index contributed by atoms with van der Waals surface area (Å²) in [6.45, 7) is 1.69. The van der Waals surface area contributed by atoms with Gasteiger partial charge in [-0.2, -0.15) is 0 Å². The Balaban J connectivity index is 1.79. The number of hydrogen-bond acceptors (Lipinski definition) is 9. The number of benzene rings is 2. The average Bonchev–Trinajstić information content (AvgIpc) is 2.86. The van der Waals surface area contributed by atoms with Crippen LogP contribution in [0.2, 0.25) is 0 Å². The van der Waals surface area contributed by atoms with Crippen LogP contribution in [-0.2, 0) is 14.4 Å². The van der Waals surface area contributed by atoms with Crippen LogP contribution in [0.1, 0.15) is 24.0 Å². The van der Waals surface area contributed by atoms with Crippen molar-refractivity contribution < 1.29 is 39.9 Å². The van der Waals surface area contributed by atoms with Gasteiger partial charge >= 0.3 is 0 Å². The monoisotopic (exact) mass is 520 g/mol. The lowest BCUT2D eigenvalue weighted by Crippen LogP contribution is -2.70. The molecular formula is C28H28N2O8. The van der Waals surface area contributed by atoms with Gasteiger partial charge in [-0.1, -0.05) is 49.4 Å². The van der Waals surface area contributed by atoms with E-state index in [1.807, 2.05) is 0 Å². The summed E-state index contributed by atoms with van der Waals surface area (Å²) in [4.78, 5) is 40.7. The number of ketones is 2. The van der Waals surface area contributed by atoms with Crippen molar-refractivity contribution in [3.63, 3.8) is 0 Å². The highest BCUT2D eigenvalue weighted by Crippen LogP contribution is 2.56. The first-order chi connectivity index (χ1) is 17.8. The minimum absolute atomic E-state index is 0.0395. The molecule has 7 N–H and O–H groups in total. The quantitative estimate of drug-likeness (QED) is 0.324. The Morgan fingerprint density at radius 3 is 2.24 bits per heavy atom. The van der Waals surface area contributed by atoms with Crippen LogP contribution in [0.25, 0.3) is 16.9 Å². The summed E-state index contributed by atoms with van der Waals surface area (Å²) in [7, 11) is 2.93. The number of hydrogen-bond donors (Lipinski definition) is 6. The van der Waals surface area contributed by atoms with Crippen LogP contribution in [0.15, 0.2) is 59.4 Å². The van der Waals surface area contributed by atoms with Gasteiger partial charge in [0.05, 0.1) is 23.6 Å². The third-order valence-electron chi connectivity index (χ3n) is 8.21. The van der Waals surface area contributed by atoms with Gasteiger partial charge in [-0.3, -0.25) is 19.3 Å². The number of rotatable bonds is 3.